The van der Waals surface area contributed by atoms with E-state index in [1.807, 2.05) is 11.8 Å². The first-order chi connectivity index (χ1) is 14.3. The van der Waals surface area contributed by atoms with Crippen molar-refractivity contribution in [3.05, 3.63) is 0 Å². The fourth-order valence-electron chi connectivity index (χ4n) is 4.06. The minimum absolute atomic E-state index is 0.0298. The molecule has 0 bridgehead atoms. The molecule has 0 aromatic carbocycles. The summed E-state index contributed by atoms with van der Waals surface area (Å²) in [6, 6.07) is 0. The van der Waals surface area contributed by atoms with Crippen LogP contribution in [0.25, 0.3) is 0 Å². The molecule has 1 fully saturated rings. The summed E-state index contributed by atoms with van der Waals surface area (Å²) < 4.78 is 5.94. The largest absolute Gasteiger partial charge is 0.462 e. The lowest BCUT2D eigenvalue weighted by atomic mass is 10.0. The number of hydrogen-bond donors (Lipinski definition) is 0. The summed E-state index contributed by atoms with van der Waals surface area (Å²) in [5.41, 5.74) is 0. The molecule has 1 saturated heterocycles. The summed E-state index contributed by atoms with van der Waals surface area (Å²) in [5.74, 6) is 2.43. The molecule has 0 amide bonds. The zero-order valence-electron chi connectivity index (χ0n) is 19.6. The molecule has 3 nitrogen and oxygen atoms in total. The zero-order chi connectivity index (χ0) is 21.0. The van der Waals surface area contributed by atoms with Crippen molar-refractivity contribution in [2.75, 3.05) is 31.1 Å². The van der Waals surface area contributed by atoms with E-state index in [0.29, 0.717) is 6.42 Å². The highest BCUT2D eigenvalue weighted by atomic mass is 32.2. The van der Waals surface area contributed by atoms with Gasteiger partial charge in [0.25, 0.3) is 0 Å². The molecule has 1 atom stereocenters. The summed E-state index contributed by atoms with van der Waals surface area (Å²) in [6.07, 6.45) is 19.9. The van der Waals surface area contributed by atoms with Gasteiger partial charge in [0.05, 0.1) is 6.42 Å². The van der Waals surface area contributed by atoms with Crippen molar-refractivity contribution in [1.29, 1.82) is 0 Å². The molecule has 1 rings (SSSR count). The second kappa shape index (κ2) is 19.7. The lowest BCUT2D eigenvalue weighted by Crippen LogP contribution is -2.34. The smallest absolute Gasteiger partial charge is 0.307 e. The maximum Gasteiger partial charge on any atom is 0.307 e. The van der Waals surface area contributed by atoms with Crippen LogP contribution in [0.1, 0.15) is 117 Å². The lowest BCUT2D eigenvalue weighted by Gasteiger charge is -2.26. The summed E-state index contributed by atoms with van der Waals surface area (Å²) in [5, 5.41) is 0. The number of thioether (sulfide) groups is 1. The predicted octanol–water partition coefficient (Wildman–Crippen LogP) is 7.23. The van der Waals surface area contributed by atoms with E-state index in [1.54, 1.807) is 0 Å². The predicted molar refractivity (Wildman–Crippen MR) is 129 cm³/mol. The van der Waals surface area contributed by atoms with E-state index in [2.05, 4.69) is 18.7 Å². The molecule has 4 heteroatoms. The quantitative estimate of drug-likeness (QED) is 0.161. The fraction of sp³-hybridized carbons (Fsp3) is 0.960. The van der Waals surface area contributed by atoms with E-state index in [9.17, 15) is 4.79 Å². The molecular formula is C25H49NO2S. The van der Waals surface area contributed by atoms with Gasteiger partial charge < -0.3 is 9.64 Å². The van der Waals surface area contributed by atoms with Gasteiger partial charge in [-0.1, -0.05) is 84.5 Å². The van der Waals surface area contributed by atoms with Crippen LogP contribution in [0.15, 0.2) is 0 Å². The second-order valence-corrected chi connectivity index (χ2v) is 10.0. The molecule has 0 aliphatic carbocycles. The Morgan fingerprint density at radius 2 is 1.28 bits per heavy atom. The Morgan fingerprint density at radius 3 is 1.79 bits per heavy atom. The lowest BCUT2D eigenvalue weighted by molar-refractivity contribution is -0.150. The van der Waals surface area contributed by atoms with Crippen LogP contribution in [0.3, 0.4) is 0 Å². The number of nitrogens with zero attached hydrogens (tertiary/aromatic N) is 1. The summed E-state index contributed by atoms with van der Waals surface area (Å²) in [4.78, 5) is 14.8. The normalized spacial score (nSPS) is 16.1. The molecule has 0 saturated carbocycles. The number of rotatable bonds is 19. The minimum Gasteiger partial charge on any atom is -0.462 e. The molecule has 1 aliphatic rings. The van der Waals surface area contributed by atoms with Gasteiger partial charge >= 0.3 is 5.97 Å². The second-order valence-electron chi connectivity index (χ2n) is 8.78. The molecule has 29 heavy (non-hydrogen) atoms. The van der Waals surface area contributed by atoms with Gasteiger partial charge in [0.15, 0.2) is 0 Å². The Bertz CT molecular complexity index is 372. The summed E-state index contributed by atoms with van der Waals surface area (Å²) in [7, 11) is 0. The first-order valence-corrected chi connectivity index (χ1v) is 13.9. The number of hydrogen-bond acceptors (Lipinski definition) is 4. The molecular weight excluding hydrogens is 378 g/mol. The average Bonchev–Trinajstić information content (AvgIpc) is 2.74. The fourth-order valence-corrected chi connectivity index (χ4v) is 5.04. The number of carbonyl (C=O) groups excluding carboxylic acids is 1. The Kier molecular flexibility index (Phi) is 18.2. The van der Waals surface area contributed by atoms with Crippen molar-refractivity contribution in [1.82, 2.24) is 4.90 Å². The van der Waals surface area contributed by atoms with Gasteiger partial charge in [-0.2, -0.15) is 11.8 Å². The third kappa shape index (κ3) is 16.2. The van der Waals surface area contributed by atoms with E-state index < -0.39 is 0 Å². The van der Waals surface area contributed by atoms with Crippen molar-refractivity contribution >= 4 is 17.7 Å². The highest BCUT2D eigenvalue weighted by Gasteiger charge is 2.16. The van der Waals surface area contributed by atoms with Crippen LogP contribution < -0.4 is 0 Å². The van der Waals surface area contributed by atoms with Gasteiger partial charge in [-0.15, -0.1) is 0 Å². The maximum atomic E-state index is 12.4. The van der Waals surface area contributed by atoms with Gasteiger partial charge in [0.2, 0.25) is 0 Å². The zero-order valence-corrected chi connectivity index (χ0v) is 20.4. The molecule has 0 N–H and O–H groups in total. The van der Waals surface area contributed by atoms with Gasteiger partial charge in [-0.05, 0) is 25.7 Å². The Labute approximate surface area is 186 Å². The van der Waals surface area contributed by atoms with Crippen LogP contribution in [0.2, 0.25) is 0 Å². The Balaban J connectivity index is 2.23. The average molecular weight is 428 g/mol. The first kappa shape index (κ1) is 26.8. The summed E-state index contributed by atoms with van der Waals surface area (Å²) >= 11 is 2.02. The van der Waals surface area contributed by atoms with Crippen LogP contribution in [-0.4, -0.2) is 48.1 Å². The van der Waals surface area contributed by atoms with Crippen molar-refractivity contribution < 1.29 is 9.53 Å². The standard InChI is InChI=1S/C25H49NO2S/c1-3-5-7-9-11-13-15-17-24(16-14-12-10-8-6-4-2)28-25(27)18-19-26-20-22-29-23-21-26/h24H,3-23H2,1-2H3. The Morgan fingerprint density at radius 1 is 0.793 bits per heavy atom. The molecule has 0 spiro atoms. The highest BCUT2D eigenvalue weighted by molar-refractivity contribution is 7.99. The van der Waals surface area contributed by atoms with E-state index in [1.165, 1.54) is 95.0 Å². The number of ether oxygens (including phenoxy) is 1. The van der Waals surface area contributed by atoms with Crippen LogP contribution in [0.5, 0.6) is 0 Å². The van der Waals surface area contributed by atoms with Crippen molar-refractivity contribution in [3.8, 4) is 0 Å². The SMILES string of the molecule is CCCCCCCCCC(CCCCCCCC)OC(=O)CCN1CCSCC1. The Hall–Kier alpha value is -0.220. The number of carbonyl (C=O) groups is 1. The monoisotopic (exact) mass is 427 g/mol. The van der Waals surface area contributed by atoms with Crippen LogP contribution in [0, 0.1) is 0 Å². The molecule has 0 radical (unpaired) electrons. The topological polar surface area (TPSA) is 29.5 Å². The molecule has 0 aromatic rings. The van der Waals surface area contributed by atoms with Crippen molar-refractivity contribution in [3.63, 3.8) is 0 Å². The van der Waals surface area contributed by atoms with E-state index in [0.717, 1.165) is 32.5 Å². The van der Waals surface area contributed by atoms with Crippen LogP contribution in [0.4, 0.5) is 0 Å². The maximum absolute atomic E-state index is 12.4. The van der Waals surface area contributed by atoms with Crippen molar-refractivity contribution in [2.45, 2.75) is 123 Å². The molecule has 0 aromatic heterocycles. The van der Waals surface area contributed by atoms with Gasteiger partial charge in [-0.25, -0.2) is 0 Å². The van der Waals surface area contributed by atoms with Crippen LogP contribution in [-0.2, 0) is 9.53 Å². The molecule has 1 unspecified atom stereocenters. The van der Waals surface area contributed by atoms with E-state index in [-0.39, 0.29) is 12.1 Å². The minimum atomic E-state index is 0.0298. The third-order valence-electron chi connectivity index (χ3n) is 6.04. The number of esters is 1. The summed E-state index contributed by atoms with van der Waals surface area (Å²) in [6.45, 7) is 7.65. The van der Waals surface area contributed by atoms with Gasteiger partial charge in [0.1, 0.15) is 6.10 Å². The third-order valence-corrected chi connectivity index (χ3v) is 6.99. The van der Waals surface area contributed by atoms with Gasteiger partial charge in [-0.3, -0.25) is 4.79 Å². The first-order valence-electron chi connectivity index (χ1n) is 12.8. The highest BCUT2D eigenvalue weighted by Crippen LogP contribution is 2.18. The van der Waals surface area contributed by atoms with Gasteiger partial charge in [0, 0.05) is 31.1 Å². The van der Waals surface area contributed by atoms with E-state index >= 15 is 0 Å². The molecule has 1 heterocycles. The van der Waals surface area contributed by atoms with Crippen molar-refractivity contribution in [2.24, 2.45) is 0 Å². The number of unbranched alkanes of at least 4 members (excludes halogenated alkanes) is 11. The molecule has 1 aliphatic heterocycles. The van der Waals surface area contributed by atoms with E-state index in [4.69, 9.17) is 4.74 Å². The molecule has 172 valence electrons. The van der Waals surface area contributed by atoms with Crippen LogP contribution >= 0.6 is 11.8 Å².